The van der Waals surface area contributed by atoms with E-state index in [1.807, 2.05) is 0 Å². The summed E-state index contributed by atoms with van der Waals surface area (Å²) in [7, 11) is -5.99. The van der Waals surface area contributed by atoms with Crippen LogP contribution < -0.4 is 5.56 Å². The zero-order valence-corrected chi connectivity index (χ0v) is 20.2. The van der Waals surface area contributed by atoms with Gasteiger partial charge in [0, 0.05) is 6.42 Å². The summed E-state index contributed by atoms with van der Waals surface area (Å²) in [5.74, 6) is 0. The van der Waals surface area contributed by atoms with Gasteiger partial charge in [0.1, 0.15) is 18.4 Å². The average Bonchev–Trinajstić information content (AvgIpc) is 3.27. The van der Waals surface area contributed by atoms with Gasteiger partial charge in [-0.05, 0) is 18.6 Å². The van der Waals surface area contributed by atoms with Crippen LogP contribution in [0.2, 0.25) is 18.6 Å². The molecule has 11 nitrogen and oxygen atoms in total. The minimum atomic E-state index is -3.77. The Labute approximate surface area is 182 Å². The first-order valence-electron chi connectivity index (χ1n) is 10.1. The predicted octanol–water partition coefficient (Wildman–Crippen LogP) is 1.14. The summed E-state index contributed by atoms with van der Waals surface area (Å²) in [4.78, 5) is 22.8. The van der Waals surface area contributed by atoms with Crippen molar-refractivity contribution >= 4 is 29.6 Å². The van der Waals surface area contributed by atoms with E-state index < -0.39 is 49.6 Å². The highest BCUT2D eigenvalue weighted by Gasteiger charge is 2.53. The van der Waals surface area contributed by atoms with Gasteiger partial charge in [0.25, 0.3) is 15.7 Å². The van der Waals surface area contributed by atoms with Crippen molar-refractivity contribution in [3.05, 3.63) is 23.0 Å². The van der Waals surface area contributed by atoms with Gasteiger partial charge in [-0.3, -0.25) is 13.5 Å². The van der Waals surface area contributed by atoms with E-state index in [1.54, 1.807) is 4.57 Å². The van der Waals surface area contributed by atoms with Crippen LogP contribution >= 0.6 is 0 Å². The molecule has 1 aliphatic heterocycles. The lowest BCUT2D eigenvalue weighted by atomic mass is 9.99. The highest BCUT2D eigenvalue weighted by Crippen LogP contribution is 2.42. The maximum absolute atomic E-state index is 12.0. The number of hydrogen-bond acceptors (Lipinski definition) is 9. The van der Waals surface area contributed by atoms with Gasteiger partial charge in [-0.2, -0.15) is 8.42 Å². The largest absolute Gasteiger partial charge is 0.411 e. The monoisotopic (exact) mass is 474 g/mol. The second-order valence-corrected chi connectivity index (χ2v) is 14.6. The predicted molar refractivity (Wildman–Crippen MR) is 116 cm³/mol. The molecule has 1 aliphatic rings. The summed E-state index contributed by atoms with van der Waals surface area (Å²) in [6, 6.07) is 0. The number of nitrogens with zero attached hydrogens (tertiary/aromatic N) is 3. The van der Waals surface area contributed by atoms with Crippen molar-refractivity contribution in [2.24, 2.45) is 0 Å². The Morgan fingerprint density at radius 3 is 2.77 bits per heavy atom. The summed E-state index contributed by atoms with van der Waals surface area (Å²) in [5.41, 5.74) is -0.972. The quantitative estimate of drug-likeness (QED) is 0.403. The summed E-state index contributed by atoms with van der Waals surface area (Å²) in [6.45, 7) is 7.48. The topological polar surface area (TPSA) is 146 Å². The van der Waals surface area contributed by atoms with E-state index in [0.29, 0.717) is 17.6 Å². The zero-order chi connectivity index (χ0) is 23.0. The average molecular weight is 475 g/mol. The van der Waals surface area contributed by atoms with Crippen molar-refractivity contribution in [2.75, 3.05) is 19.5 Å². The number of aliphatic hydroxyl groups excluding tert-OH is 1. The molecule has 0 spiro atoms. The van der Waals surface area contributed by atoms with Crippen LogP contribution in [0.25, 0.3) is 11.2 Å². The highest BCUT2D eigenvalue weighted by atomic mass is 32.2. The number of fused-ring (bicyclic) bond motifs is 1. The first-order valence-corrected chi connectivity index (χ1v) is 14.9. The molecule has 2 aromatic rings. The van der Waals surface area contributed by atoms with Crippen LogP contribution in [-0.4, -0.2) is 72.5 Å². The second-order valence-electron chi connectivity index (χ2n) is 8.57. The van der Waals surface area contributed by atoms with E-state index in [-0.39, 0.29) is 11.1 Å². The number of rotatable bonds is 9. The van der Waals surface area contributed by atoms with Crippen LogP contribution in [0.1, 0.15) is 32.9 Å². The molecule has 174 valence electrons. The molecular formula is C18H30N4O7SSi. The van der Waals surface area contributed by atoms with Crippen LogP contribution in [0.3, 0.4) is 0 Å². The number of aromatic nitrogens is 4. The smallest absolute Gasteiger partial charge is 0.278 e. The van der Waals surface area contributed by atoms with Crippen LogP contribution in [0, 0.1) is 0 Å². The zero-order valence-electron chi connectivity index (χ0n) is 18.4. The molecule has 1 fully saturated rings. The molecular weight excluding hydrogens is 444 g/mol. The molecule has 0 amide bonds. The normalized spacial score (nSPS) is 25.9. The Balaban J connectivity index is 1.99. The van der Waals surface area contributed by atoms with E-state index in [0.717, 1.165) is 12.7 Å². The fourth-order valence-corrected chi connectivity index (χ4v) is 6.36. The molecule has 0 aromatic carbocycles. The van der Waals surface area contributed by atoms with Gasteiger partial charge in [-0.25, -0.2) is 9.97 Å². The van der Waals surface area contributed by atoms with Crippen LogP contribution in [0.15, 0.2) is 17.4 Å². The van der Waals surface area contributed by atoms with E-state index in [1.165, 1.54) is 12.7 Å². The molecule has 1 unspecified atom stereocenters. The molecule has 3 rings (SSSR count). The molecule has 4 atom stereocenters. The minimum Gasteiger partial charge on any atom is -0.411 e. The van der Waals surface area contributed by atoms with Crippen LogP contribution in [-0.2, 0) is 23.5 Å². The van der Waals surface area contributed by atoms with Gasteiger partial charge < -0.3 is 19.3 Å². The third kappa shape index (κ3) is 4.91. The Bertz CT molecular complexity index is 1090. The lowest BCUT2D eigenvalue weighted by Gasteiger charge is -2.38. The van der Waals surface area contributed by atoms with Gasteiger partial charge in [-0.15, -0.1) is 0 Å². The van der Waals surface area contributed by atoms with Crippen molar-refractivity contribution in [1.82, 2.24) is 19.5 Å². The van der Waals surface area contributed by atoms with Crippen LogP contribution in [0.4, 0.5) is 0 Å². The number of H-pyrrole nitrogens is 1. The molecule has 0 saturated carbocycles. The molecule has 31 heavy (non-hydrogen) atoms. The Morgan fingerprint density at radius 2 is 2.16 bits per heavy atom. The molecule has 1 saturated heterocycles. The molecule has 2 N–H and O–H groups in total. The number of imidazole rings is 1. The third-order valence-corrected chi connectivity index (χ3v) is 10.3. The summed E-state index contributed by atoms with van der Waals surface area (Å²) in [6.07, 6.45) is 3.59. The summed E-state index contributed by atoms with van der Waals surface area (Å²) >= 11 is 0. The lowest BCUT2D eigenvalue weighted by Crippen LogP contribution is -2.53. The molecule has 13 heteroatoms. The Morgan fingerprint density at radius 1 is 1.45 bits per heavy atom. The molecule has 0 bridgehead atoms. The molecule has 2 aromatic heterocycles. The minimum absolute atomic E-state index is 0.159. The van der Waals surface area contributed by atoms with Crippen LogP contribution in [0.5, 0.6) is 0 Å². The SMILES string of the molecule is CCC(C)[Si](C)(C)O[C@H]1C[C@@H](n2cnc3c(=O)[nH]cnc32)O[C@@]1(CO)COS(C)(=O)=O. The number of aromatic amines is 1. The maximum Gasteiger partial charge on any atom is 0.278 e. The number of ether oxygens (including phenoxy) is 1. The van der Waals surface area contributed by atoms with Gasteiger partial charge >= 0.3 is 0 Å². The second kappa shape index (κ2) is 8.71. The summed E-state index contributed by atoms with van der Waals surface area (Å²) < 4.78 is 42.7. The molecule has 3 heterocycles. The van der Waals surface area contributed by atoms with Crippen molar-refractivity contribution in [3.63, 3.8) is 0 Å². The van der Waals surface area contributed by atoms with Gasteiger partial charge in [0.05, 0.1) is 31.6 Å². The first kappa shape index (κ1) is 24.0. The molecule has 0 aliphatic carbocycles. The van der Waals surface area contributed by atoms with E-state index in [9.17, 15) is 18.3 Å². The van der Waals surface area contributed by atoms with Crippen molar-refractivity contribution < 1.29 is 26.9 Å². The van der Waals surface area contributed by atoms with E-state index >= 15 is 0 Å². The van der Waals surface area contributed by atoms with Gasteiger partial charge in [0.2, 0.25) is 0 Å². The fourth-order valence-electron chi connectivity index (χ4n) is 3.69. The Hall–Kier alpha value is -1.64. The number of aliphatic hydroxyl groups is 1. The summed E-state index contributed by atoms with van der Waals surface area (Å²) in [5, 5.41) is 10.3. The van der Waals surface area contributed by atoms with Crippen molar-refractivity contribution in [3.8, 4) is 0 Å². The van der Waals surface area contributed by atoms with Crippen molar-refractivity contribution in [1.29, 1.82) is 0 Å². The first-order chi connectivity index (χ1) is 14.4. The van der Waals surface area contributed by atoms with E-state index in [2.05, 4.69) is 41.9 Å². The van der Waals surface area contributed by atoms with Gasteiger partial charge in [-0.1, -0.05) is 20.3 Å². The lowest BCUT2D eigenvalue weighted by molar-refractivity contribution is -0.140. The highest BCUT2D eigenvalue weighted by molar-refractivity contribution is 7.85. The standard InChI is InChI=1S/C18H30N4O7SSi/c1-6-12(2)31(4,5)29-13-7-14(28-18(13,8-23)9-27-30(3,25)26)22-11-21-15-16(22)19-10-20-17(15)24/h10-14,23H,6-9H2,1-5H3,(H,19,20,24)/t12?,13-,14-,18-/m0/s1. The third-order valence-electron chi connectivity index (χ3n) is 6.08. The molecule has 0 radical (unpaired) electrons. The Kier molecular flexibility index (Phi) is 6.75. The van der Waals surface area contributed by atoms with Gasteiger partial charge in [0.15, 0.2) is 19.5 Å². The fraction of sp³-hybridized carbons (Fsp3) is 0.722. The van der Waals surface area contributed by atoms with E-state index in [4.69, 9.17) is 13.3 Å². The van der Waals surface area contributed by atoms with Crippen molar-refractivity contribution in [2.45, 2.75) is 63.3 Å². The number of hydrogen-bond donors (Lipinski definition) is 2. The maximum atomic E-state index is 12.0. The number of nitrogens with one attached hydrogen (secondary N) is 1.